The summed E-state index contributed by atoms with van der Waals surface area (Å²) >= 11 is 17.4. The van der Waals surface area contributed by atoms with Gasteiger partial charge in [0.25, 0.3) is 0 Å². The van der Waals surface area contributed by atoms with Crippen molar-refractivity contribution in [2.24, 2.45) is 17.8 Å². The summed E-state index contributed by atoms with van der Waals surface area (Å²) in [7, 11) is 0. The zero-order valence-corrected chi connectivity index (χ0v) is 16.8. The Bertz CT molecular complexity index is 742. The van der Waals surface area contributed by atoms with Crippen molar-refractivity contribution in [3.63, 3.8) is 0 Å². The minimum Gasteiger partial charge on any atom is -0.357 e. The maximum Gasteiger partial charge on any atom is 0.250 e. The van der Waals surface area contributed by atoms with Gasteiger partial charge in [0, 0.05) is 21.7 Å². The maximum absolute atomic E-state index is 12.2. The van der Waals surface area contributed by atoms with Gasteiger partial charge in [-0.3, -0.25) is 10.1 Å². The highest BCUT2D eigenvalue weighted by Gasteiger charge is 2.51. The van der Waals surface area contributed by atoms with E-state index in [1.807, 2.05) is 0 Å². The van der Waals surface area contributed by atoms with Crippen molar-refractivity contribution in [2.75, 3.05) is 0 Å². The largest absolute Gasteiger partial charge is 0.357 e. The van der Waals surface area contributed by atoms with E-state index in [2.05, 4.69) is 10.6 Å². The van der Waals surface area contributed by atoms with Crippen LogP contribution in [0.4, 0.5) is 0 Å². The molecule has 0 unspecified atom stereocenters. The molecule has 4 aliphatic rings. The highest BCUT2D eigenvalue weighted by molar-refractivity contribution is 7.80. The number of halogens is 2. The molecule has 1 aromatic carbocycles. The van der Waals surface area contributed by atoms with Gasteiger partial charge in [0.15, 0.2) is 5.11 Å². The number of thiocarbonyl (C=S) groups is 1. The van der Waals surface area contributed by atoms with Crippen molar-refractivity contribution in [1.82, 2.24) is 10.6 Å². The van der Waals surface area contributed by atoms with Gasteiger partial charge < -0.3 is 5.32 Å². The molecular weight excluding hydrogens is 387 g/mol. The molecule has 26 heavy (non-hydrogen) atoms. The zero-order valence-electron chi connectivity index (χ0n) is 14.4. The maximum atomic E-state index is 12.2. The van der Waals surface area contributed by atoms with Crippen molar-refractivity contribution >= 4 is 52.5 Å². The highest BCUT2D eigenvalue weighted by atomic mass is 35.5. The van der Waals surface area contributed by atoms with Crippen LogP contribution in [0.3, 0.4) is 0 Å². The molecule has 3 nitrogen and oxygen atoms in total. The molecule has 0 radical (unpaired) electrons. The van der Waals surface area contributed by atoms with Gasteiger partial charge >= 0.3 is 0 Å². The van der Waals surface area contributed by atoms with Gasteiger partial charge in [-0.25, -0.2) is 0 Å². The van der Waals surface area contributed by atoms with E-state index >= 15 is 0 Å². The van der Waals surface area contributed by atoms with Crippen LogP contribution in [0, 0.1) is 17.8 Å². The lowest BCUT2D eigenvalue weighted by Crippen LogP contribution is -2.61. The average Bonchev–Trinajstić information content (AvgIpc) is 2.51. The first kappa shape index (κ1) is 18.3. The quantitative estimate of drug-likeness (QED) is 0.547. The van der Waals surface area contributed by atoms with E-state index in [1.54, 1.807) is 24.3 Å². The Hall–Kier alpha value is -1.10. The second-order valence-electron chi connectivity index (χ2n) is 8.14. The van der Waals surface area contributed by atoms with Crippen molar-refractivity contribution in [1.29, 1.82) is 0 Å². The van der Waals surface area contributed by atoms with Crippen LogP contribution in [0.5, 0.6) is 0 Å². The van der Waals surface area contributed by atoms with E-state index in [1.165, 1.54) is 44.6 Å². The third-order valence-electron chi connectivity index (χ3n) is 6.03. The molecule has 0 spiro atoms. The van der Waals surface area contributed by atoms with Crippen LogP contribution >= 0.6 is 35.4 Å². The molecule has 0 aromatic heterocycles. The molecule has 0 saturated heterocycles. The fraction of sp³-hybridized carbons (Fsp3) is 0.500. The third-order valence-corrected chi connectivity index (χ3v) is 6.80. The summed E-state index contributed by atoms with van der Waals surface area (Å²) in [6.07, 6.45) is 10.8. The van der Waals surface area contributed by atoms with Crippen LogP contribution in [-0.4, -0.2) is 16.6 Å². The van der Waals surface area contributed by atoms with Crippen molar-refractivity contribution in [2.45, 2.75) is 44.1 Å². The molecule has 0 aliphatic heterocycles. The summed E-state index contributed by atoms with van der Waals surface area (Å²) in [5.41, 5.74) is 0.841. The third kappa shape index (κ3) is 3.92. The van der Waals surface area contributed by atoms with Crippen molar-refractivity contribution in [3.8, 4) is 0 Å². The number of hydrogen-bond acceptors (Lipinski definition) is 2. The smallest absolute Gasteiger partial charge is 0.250 e. The van der Waals surface area contributed by atoms with E-state index in [4.69, 9.17) is 35.4 Å². The number of carbonyl (C=O) groups is 1. The summed E-state index contributed by atoms with van der Waals surface area (Å²) < 4.78 is 0. The molecule has 6 heteroatoms. The van der Waals surface area contributed by atoms with E-state index in [-0.39, 0.29) is 11.4 Å². The number of amides is 1. The van der Waals surface area contributed by atoms with Gasteiger partial charge in [-0.15, -0.1) is 0 Å². The predicted octanol–water partition coefficient (Wildman–Crippen LogP) is 4.97. The van der Waals surface area contributed by atoms with Crippen LogP contribution < -0.4 is 10.6 Å². The normalized spacial score (nSPS) is 32.0. The fourth-order valence-corrected chi connectivity index (χ4v) is 6.28. The fourth-order valence-electron chi connectivity index (χ4n) is 5.49. The molecule has 138 valence electrons. The van der Waals surface area contributed by atoms with Gasteiger partial charge in [-0.05, 0) is 92.3 Å². The molecule has 0 atom stereocenters. The molecule has 4 fully saturated rings. The SMILES string of the molecule is O=C(/C=C/c1ccc(Cl)cc1Cl)NC(=S)NC12CC3CC(CC(C3)C1)C2. The summed E-state index contributed by atoms with van der Waals surface area (Å²) in [6, 6.07) is 5.17. The van der Waals surface area contributed by atoms with Crippen molar-refractivity contribution < 1.29 is 4.79 Å². The van der Waals surface area contributed by atoms with Gasteiger partial charge in [-0.1, -0.05) is 29.3 Å². The first-order chi connectivity index (χ1) is 12.4. The molecule has 5 rings (SSSR count). The topological polar surface area (TPSA) is 41.1 Å². The number of rotatable bonds is 3. The molecule has 4 aliphatic carbocycles. The molecule has 4 bridgehead atoms. The Balaban J connectivity index is 1.35. The molecular formula is C20H22Cl2N2OS. The summed E-state index contributed by atoms with van der Waals surface area (Å²) in [6.45, 7) is 0. The Labute approximate surface area is 169 Å². The van der Waals surface area contributed by atoms with Gasteiger partial charge in [0.05, 0.1) is 0 Å². The van der Waals surface area contributed by atoms with Crippen LogP contribution in [0.2, 0.25) is 10.0 Å². The number of benzene rings is 1. The van der Waals surface area contributed by atoms with E-state index < -0.39 is 0 Å². The first-order valence-electron chi connectivity index (χ1n) is 9.17. The predicted molar refractivity (Wildman–Crippen MR) is 110 cm³/mol. The monoisotopic (exact) mass is 408 g/mol. The molecule has 2 N–H and O–H groups in total. The molecule has 0 heterocycles. The molecule has 1 aromatic rings. The second kappa shape index (κ2) is 7.14. The van der Waals surface area contributed by atoms with Crippen LogP contribution in [-0.2, 0) is 4.79 Å². The number of carbonyl (C=O) groups excluding carboxylic acids is 1. The first-order valence-corrected chi connectivity index (χ1v) is 10.3. The lowest BCUT2D eigenvalue weighted by Gasteiger charge is -2.57. The Morgan fingerprint density at radius 1 is 1.12 bits per heavy atom. The van der Waals surface area contributed by atoms with Gasteiger partial charge in [0.2, 0.25) is 5.91 Å². The molecule has 1 amide bonds. The van der Waals surface area contributed by atoms with E-state index in [0.29, 0.717) is 15.2 Å². The lowest BCUT2D eigenvalue weighted by molar-refractivity contribution is -0.115. The average molecular weight is 409 g/mol. The van der Waals surface area contributed by atoms with E-state index in [0.717, 1.165) is 23.3 Å². The summed E-state index contributed by atoms with van der Waals surface area (Å²) in [5.74, 6) is 2.25. The van der Waals surface area contributed by atoms with Gasteiger partial charge in [0.1, 0.15) is 0 Å². The number of hydrogen-bond donors (Lipinski definition) is 2. The van der Waals surface area contributed by atoms with Crippen molar-refractivity contribution in [3.05, 3.63) is 39.9 Å². The van der Waals surface area contributed by atoms with Crippen LogP contribution in [0.1, 0.15) is 44.1 Å². The van der Waals surface area contributed by atoms with Gasteiger partial charge in [-0.2, -0.15) is 0 Å². The van der Waals surface area contributed by atoms with Crippen LogP contribution in [0.25, 0.3) is 6.08 Å². The molecule has 4 saturated carbocycles. The second-order valence-corrected chi connectivity index (χ2v) is 9.39. The van der Waals surface area contributed by atoms with E-state index in [9.17, 15) is 4.79 Å². The number of nitrogens with one attached hydrogen (secondary N) is 2. The Morgan fingerprint density at radius 3 is 2.31 bits per heavy atom. The van der Waals surface area contributed by atoms with Crippen LogP contribution in [0.15, 0.2) is 24.3 Å². The standard InChI is InChI=1S/C20H22Cl2N2OS/c21-16-3-1-15(17(22)8-16)2-4-18(25)23-19(26)24-20-9-12-5-13(10-20)7-14(6-12)11-20/h1-4,8,12-14H,5-7,9-11H2,(H2,23,24,25,26)/b4-2+. The Kier molecular flexibility index (Phi) is 5.02. The lowest BCUT2D eigenvalue weighted by atomic mass is 9.53. The zero-order chi connectivity index (χ0) is 18.3. The highest BCUT2D eigenvalue weighted by Crippen LogP contribution is 2.55. The minimum atomic E-state index is -0.252. The summed E-state index contributed by atoms with van der Waals surface area (Å²) in [4.78, 5) is 12.2. The summed E-state index contributed by atoms with van der Waals surface area (Å²) in [5, 5.41) is 7.79. The Morgan fingerprint density at radius 2 is 1.73 bits per heavy atom. The minimum absolute atomic E-state index is 0.0995.